The topological polar surface area (TPSA) is 95.7 Å². The Bertz CT molecular complexity index is 939. The number of hydrogen-bond acceptors (Lipinski definition) is 7. The molecule has 2 aromatic carbocycles. The van der Waals surface area contributed by atoms with Gasteiger partial charge in [0.15, 0.2) is 0 Å². The van der Waals surface area contributed by atoms with Crippen LogP contribution in [0, 0.1) is 0 Å². The molecule has 1 aromatic heterocycles. The molecule has 0 atom stereocenters. The number of rotatable bonds is 5. The first-order valence-electron chi connectivity index (χ1n) is 8.04. The Kier molecular flexibility index (Phi) is 5.28. The van der Waals surface area contributed by atoms with Gasteiger partial charge in [0.2, 0.25) is 0 Å². The van der Waals surface area contributed by atoms with Crippen LogP contribution in [0.3, 0.4) is 0 Å². The summed E-state index contributed by atoms with van der Waals surface area (Å²) in [5.41, 5.74) is 6.93. The SMILES string of the molecule is CC(=N/Nc1nnc(-c2ccccc2)c(-c2ccccc2)n1)/C(C)=N/O. The second-order valence-corrected chi connectivity index (χ2v) is 5.56. The maximum atomic E-state index is 8.79. The van der Waals surface area contributed by atoms with E-state index in [1.54, 1.807) is 13.8 Å². The van der Waals surface area contributed by atoms with Crippen molar-refractivity contribution in [3.05, 3.63) is 60.7 Å². The number of aromatic nitrogens is 3. The standard InChI is InChI=1S/C19H18N6O/c1-13(14(2)25-26)21-23-19-20-17(15-9-5-3-6-10-15)18(22-24-19)16-11-7-4-8-12-16/h3-12,26H,1-2H3,(H,20,23,24)/b21-13-,25-14+. The van der Waals surface area contributed by atoms with Crippen LogP contribution in [-0.4, -0.2) is 31.8 Å². The van der Waals surface area contributed by atoms with Crippen molar-refractivity contribution in [3.63, 3.8) is 0 Å². The molecule has 2 N–H and O–H groups in total. The minimum absolute atomic E-state index is 0.258. The molecule has 0 radical (unpaired) electrons. The Morgan fingerprint density at radius 2 is 1.38 bits per heavy atom. The number of hydrogen-bond donors (Lipinski definition) is 2. The van der Waals surface area contributed by atoms with Crippen molar-refractivity contribution >= 4 is 17.4 Å². The summed E-state index contributed by atoms with van der Waals surface area (Å²) >= 11 is 0. The quantitative estimate of drug-likeness (QED) is 0.416. The first-order chi connectivity index (χ1) is 12.7. The van der Waals surface area contributed by atoms with Crippen LogP contribution < -0.4 is 5.43 Å². The molecule has 0 bridgehead atoms. The summed E-state index contributed by atoms with van der Waals surface area (Å²) in [5, 5.41) is 24.5. The molecule has 0 fully saturated rings. The smallest absolute Gasteiger partial charge is 0.263 e. The van der Waals surface area contributed by atoms with Gasteiger partial charge in [-0.2, -0.15) is 5.10 Å². The summed E-state index contributed by atoms with van der Waals surface area (Å²) < 4.78 is 0. The lowest BCUT2D eigenvalue weighted by atomic mass is 10.0. The van der Waals surface area contributed by atoms with E-state index >= 15 is 0 Å². The summed E-state index contributed by atoms with van der Waals surface area (Å²) in [6, 6.07) is 19.6. The highest BCUT2D eigenvalue weighted by Gasteiger charge is 2.13. The molecule has 3 rings (SSSR count). The van der Waals surface area contributed by atoms with Crippen LogP contribution in [0.1, 0.15) is 13.8 Å². The summed E-state index contributed by atoms with van der Waals surface area (Å²) in [6.45, 7) is 3.36. The van der Waals surface area contributed by atoms with Crippen molar-refractivity contribution in [2.45, 2.75) is 13.8 Å². The average Bonchev–Trinajstić information content (AvgIpc) is 2.72. The highest BCUT2D eigenvalue weighted by atomic mass is 16.4. The summed E-state index contributed by atoms with van der Waals surface area (Å²) in [4.78, 5) is 4.58. The molecule has 130 valence electrons. The molecule has 7 heteroatoms. The lowest BCUT2D eigenvalue weighted by molar-refractivity contribution is 0.320. The van der Waals surface area contributed by atoms with E-state index in [0.717, 1.165) is 11.1 Å². The van der Waals surface area contributed by atoms with E-state index < -0.39 is 0 Å². The number of oxime groups is 1. The molecular formula is C19H18N6O. The van der Waals surface area contributed by atoms with Crippen LogP contribution in [0.15, 0.2) is 70.9 Å². The average molecular weight is 346 g/mol. The van der Waals surface area contributed by atoms with Crippen LogP contribution in [0.2, 0.25) is 0 Å². The molecule has 1 heterocycles. The van der Waals surface area contributed by atoms with Gasteiger partial charge in [-0.25, -0.2) is 10.4 Å². The third-order valence-corrected chi connectivity index (χ3v) is 3.78. The van der Waals surface area contributed by atoms with E-state index in [1.165, 1.54) is 0 Å². The van der Waals surface area contributed by atoms with Crippen molar-refractivity contribution in [1.29, 1.82) is 0 Å². The van der Waals surface area contributed by atoms with Crippen LogP contribution >= 0.6 is 0 Å². The Balaban J connectivity index is 2.03. The van der Waals surface area contributed by atoms with Crippen molar-refractivity contribution in [3.8, 4) is 22.5 Å². The molecule has 0 spiro atoms. The van der Waals surface area contributed by atoms with Gasteiger partial charge in [-0.05, 0) is 13.8 Å². The summed E-state index contributed by atoms with van der Waals surface area (Å²) in [7, 11) is 0. The normalized spacial score (nSPS) is 12.1. The second kappa shape index (κ2) is 7.98. The molecule has 0 unspecified atom stereocenters. The highest BCUT2D eigenvalue weighted by molar-refractivity contribution is 6.40. The van der Waals surface area contributed by atoms with Gasteiger partial charge in [0.05, 0.1) is 11.4 Å². The molecule has 0 amide bonds. The minimum atomic E-state index is 0.258. The van der Waals surface area contributed by atoms with Crippen molar-refractivity contribution in [2.75, 3.05) is 5.43 Å². The van der Waals surface area contributed by atoms with Gasteiger partial charge in [-0.3, -0.25) is 0 Å². The Hall–Kier alpha value is -3.61. The fourth-order valence-electron chi connectivity index (χ4n) is 2.25. The molecule has 26 heavy (non-hydrogen) atoms. The van der Waals surface area contributed by atoms with Crippen molar-refractivity contribution in [2.24, 2.45) is 10.3 Å². The van der Waals surface area contributed by atoms with Crippen LogP contribution in [0.5, 0.6) is 0 Å². The van der Waals surface area contributed by atoms with Gasteiger partial charge in [0.25, 0.3) is 5.95 Å². The van der Waals surface area contributed by atoms with E-state index in [4.69, 9.17) is 5.21 Å². The molecule has 0 aliphatic rings. The number of anilines is 1. The van der Waals surface area contributed by atoms with Gasteiger partial charge in [0.1, 0.15) is 11.4 Å². The van der Waals surface area contributed by atoms with Gasteiger partial charge >= 0.3 is 0 Å². The third kappa shape index (κ3) is 3.89. The molecule has 0 saturated carbocycles. The molecule has 0 aliphatic carbocycles. The van der Waals surface area contributed by atoms with Crippen LogP contribution in [0.4, 0.5) is 5.95 Å². The zero-order valence-corrected chi connectivity index (χ0v) is 14.5. The number of nitrogens with zero attached hydrogens (tertiary/aromatic N) is 5. The third-order valence-electron chi connectivity index (χ3n) is 3.78. The van der Waals surface area contributed by atoms with Crippen molar-refractivity contribution in [1.82, 2.24) is 15.2 Å². The number of hydrazone groups is 1. The van der Waals surface area contributed by atoms with Crippen LogP contribution in [-0.2, 0) is 0 Å². The minimum Gasteiger partial charge on any atom is -0.411 e. The summed E-state index contributed by atoms with van der Waals surface area (Å²) in [6.07, 6.45) is 0. The number of nitrogens with one attached hydrogen (secondary N) is 1. The first-order valence-corrected chi connectivity index (χ1v) is 8.04. The second-order valence-electron chi connectivity index (χ2n) is 5.56. The van der Waals surface area contributed by atoms with E-state index in [0.29, 0.717) is 22.8 Å². The monoisotopic (exact) mass is 346 g/mol. The molecule has 0 aliphatic heterocycles. The van der Waals surface area contributed by atoms with Gasteiger partial charge in [0, 0.05) is 11.1 Å². The largest absolute Gasteiger partial charge is 0.411 e. The Morgan fingerprint density at radius 1 is 0.808 bits per heavy atom. The predicted molar refractivity (Wildman–Crippen MR) is 102 cm³/mol. The van der Waals surface area contributed by atoms with E-state index in [9.17, 15) is 0 Å². The lowest BCUT2D eigenvalue weighted by Gasteiger charge is -2.09. The fourth-order valence-corrected chi connectivity index (χ4v) is 2.25. The van der Waals surface area contributed by atoms with Crippen molar-refractivity contribution < 1.29 is 5.21 Å². The Morgan fingerprint density at radius 3 is 1.96 bits per heavy atom. The van der Waals surface area contributed by atoms with Crippen LogP contribution in [0.25, 0.3) is 22.5 Å². The maximum absolute atomic E-state index is 8.79. The zero-order chi connectivity index (χ0) is 18.4. The molecule has 7 nitrogen and oxygen atoms in total. The molecular weight excluding hydrogens is 328 g/mol. The molecule has 3 aromatic rings. The maximum Gasteiger partial charge on any atom is 0.263 e. The molecule has 0 saturated heterocycles. The first kappa shape index (κ1) is 17.2. The zero-order valence-electron chi connectivity index (χ0n) is 14.5. The predicted octanol–water partition coefficient (Wildman–Crippen LogP) is 3.84. The Labute approximate surface area is 151 Å². The van der Waals surface area contributed by atoms with Gasteiger partial charge in [-0.1, -0.05) is 65.8 Å². The number of benzene rings is 2. The van der Waals surface area contributed by atoms with E-state index in [1.807, 2.05) is 60.7 Å². The highest BCUT2D eigenvalue weighted by Crippen LogP contribution is 2.28. The van der Waals surface area contributed by atoms with Gasteiger partial charge in [-0.15, -0.1) is 10.2 Å². The fraction of sp³-hybridized carbons (Fsp3) is 0.105. The van der Waals surface area contributed by atoms with Gasteiger partial charge < -0.3 is 5.21 Å². The summed E-state index contributed by atoms with van der Waals surface area (Å²) in [5.74, 6) is 0.258. The van der Waals surface area contributed by atoms with E-state index in [-0.39, 0.29) is 5.95 Å². The van der Waals surface area contributed by atoms with E-state index in [2.05, 4.69) is 30.9 Å². The lowest BCUT2D eigenvalue weighted by Crippen LogP contribution is -2.10.